The zero-order valence-corrected chi connectivity index (χ0v) is 11.7. The van der Waals surface area contributed by atoms with Gasteiger partial charge in [0.1, 0.15) is 0 Å². The predicted molar refractivity (Wildman–Crippen MR) is 79.4 cm³/mol. The Morgan fingerprint density at radius 1 is 1.05 bits per heavy atom. The molecule has 1 aliphatic rings. The van der Waals surface area contributed by atoms with Gasteiger partial charge in [0.25, 0.3) is 0 Å². The summed E-state index contributed by atoms with van der Waals surface area (Å²) in [4.78, 5) is 3.31. The quantitative estimate of drug-likeness (QED) is 0.837. The van der Waals surface area contributed by atoms with Crippen molar-refractivity contribution >= 4 is 0 Å². The molecule has 3 rings (SSSR count). The van der Waals surface area contributed by atoms with Gasteiger partial charge in [0, 0.05) is 17.9 Å². The van der Waals surface area contributed by atoms with Crippen molar-refractivity contribution in [1.82, 2.24) is 10.3 Å². The van der Waals surface area contributed by atoms with Gasteiger partial charge in [0.2, 0.25) is 0 Å². The molecule has 0 amide bonds. The van der Waals surface area contributed by atoms with Crippen LogP contribution in [0.4, 0.5) is 0 Å². The molecule has 0 bridgehead atoms. The zero-order chi connectivity index (χ0) is 13.2. The maximum Gasteiger partial charge on any atom is 0.0326 e. The third kappa shape index (κ3) is 2.59. The minimum Gasteiger partial charge on any atom is -0.365 e. The van der Waals surface area contributed by atoms with Crippen molar-refractivity contribution in [3.05, 3.63) is 58.9 Å². The summed E-state index contributed by atoms with van der Waals surface area (Å²) in [7, 11) is 0. The Morgan fingerprint density at radius 3 is 2.53 bits per heavy atom. The second-order valence-corrected chi connectivity index (χ2v) is 5.70. The van der Waals surface area contributed by atoms with Crippen molar-refractivity contribution in [1.29, 1.82) is 0 Å². The molecule has 2 aromatic rings. The third-order valence-electron chi connectivity index (χ3n) is 4.32. The fraction of sp³-hybridized carbons (Fsp3) is 0.412. The van der Waals surface area contributed by atoms with Gasteiger partial charge in [-0.15, -0.1) is 0 Å². The van der Waals surface area contributed by atoms with Crippen LogP contribution in [0.25, 0.3) is 0 Å². The van der Waals surface area contributed by atoms with Crippen LogP contribution in [-0.2, 0) is 0 Å². The van der Waals surface area contributed by atoms with Gasteiger partial charge in [-0.3, -0.25) is 0 Å². The Balaban J connectivity index is 1.78. The zero-order valence-electron chi connectivity index (χ0n) is 11.7. The van der Waals surface area contributed by atoms with Crippen molar-refractivity contribution in [2.45, 2.75) is 38.6 Å². The van der Waals surface area contributed by atoms with Crippen LogP contribution in [0, 0.1) is 13.8 Å². The molecular formula is C17H22N2. The van der Waals surface area contributed by atoms with E-state index in [-0.39, 0.29) is 0 Å². The van der Waals surface area contributed by atoms with E-state index in [1.165, 1.54) is 35.2 Å². The van der Waals surface area contributed by atoms with Crippen molar-refractivity contribution < 1.29 is 0 Å². The van der Waals surface area contributed by atoms with Crippen LogP contribution in [0.1, 0.15) is 47.2 Å². The summed E-state index contributed by atoms with van der Waals surface area (Å²) in [5, 5.41) is 3.66. The van der Waals surface area contributed by atoms with E-state index in [0.717, 1.165) is 6.54 Å². The molecule has 2 N–H and O–H groups in total. The van der Waals surface area contributed by atoms with E-state index in [0.29, 0.717) is 12.0 Å². The fourth-order valence-corrected chi connectivity index (χ4v) is 3.16. The van der Waals surface area contributed by atoms with Crippen molar-refractivity contribution in [3.63, 3.8) is 0 Å². The second kappa shape index (κ2) is 5.22. The molecule has 0 saturated carbocycles. The SMILES string of the molecule is Cc1ccc(C2CC(c3cc[nH]c3C)CCN2)cc1. The van der Waals surface area contributed by atoms with Gasteiger partial charge >= 0.3 is 0 Å². The summed E-state index contributed by atoms with van der Waals surface area (Å²) >= 11 is 0. The molecule has 19 heavy (non-hydrogen) atoms. The van der Waals surface area contributed by atoms with Crippen LogP contribution in [0.3, 0.4) is 0 Å². The van der Waals surface area contributed by atoms with Gasteiger partial charge in [-0.25, -0.2) is 0 Å². The standard InChI is InChI=1S/C17H22N2/c1-12-3-5-14(6-4-12)17-11-15(7-9-19-17)16-8-10-18-13(16)2/h3-6,8,10,15,17-19H,7,9,11H2,1-2H3. The molecular weight excluding hydrogens is 232 g/mol. The molecule has 2 unspecified atom stereocenters. The van der Waals surface area contributed by atoms with Crippen LogP contribution >= 0.6 is 0 Å². The van der Waals surface area contributed by atoms with Gasteiger partial charge in [-0.2, -0.15) is 0 Å². The lowest BCUT2D eigenvalue weighted by molar-refractivity contribution is 0.369. The molecule has 2 heteroatoms. The topological polar surface area (TPSA) is 27.8 Å². The number of H-pyrrole nitrogens is 1. The Labute approximate surface area is 115 Å². The van der Waals surface area contributed by atoms with E-state index in [2.05, 4.69) is 60.7 Å². The Kier molecular flexibility index (Phi) is 3.43. The highest BCUT2D eigenvalue weighted by molar-refractivity contribution is 5.28. The van der Waals surface area contributed by atoms with Crippen molar-refractivity contribution in [2.75, 3.05) is 6.54 Å². The molecule has 1 aliphatic heterocycles. The highest BCUT2D eigenvalue weighted by atomic mass is 14.9. The fourth-order valence-electron chi connectivity index (χ4n) is 3.16. The van der Waals surface area contributed by atoms with E-state index in [1.807, 2.05) is 0 Å². The number of rotatable bonds is 2. The number of aromatic amines is 1. The lowest BCUT2D eigenvalue weighted by Crippen LogP contribution is -2.31. The van der Waals surface area contributed by atoms with E-state index < -0.39 is 0 Å². The van der Waals surface area contributed by atoms with Crippen LogP contribution < -0.4 is 5.32 Å². The maximum absolute atomic E-state index is 3.66. The second-order valence-electron chi connectivity index (χ2n) is 5.70. The van der Waals surface area contributed by atoms with Gasteiger partial charge in [0.15, 0.2) is 0 Å². The molecule has 2 nitrogen and oxygen atoms in total. The molecule has 0 radical (unpaired) electrons. The molecule has 1 fully saturated rings. The highest BCUT2D eigenvalue weighted by Crippen LogP contribution is 2.35. The van der Waals surface area contributed by atoms with Gasteiger partial charge in [-0.05, 0) is 56.3 Å². The first-order valence-electron chi connectivity index (χ1n) is 7.18. The van der Waals surface area contributed by atoms with Crippen LogP contribution in [0.2, 0.25) is 0 Å². The maximum atomic E-state index is 3.66. The number of benzene rings is 1. The minimum absolute atomic E-state index is 0.494. The predicted octanol–water partition coefficient (Wildman–Crippen LogP) is 3.84. The molecule has 2 atom stereocenters. The monoisotopic (exact) mass is 254 g/mol. The van der Waals surface area contributed by atoms with Crippen molar-refractivity contribution in [3.8, 4) is 0 Å². The van der Waals surface area contributed by atoms with E-state index in [9.17, 15) is 0 Å². The smallest absolute Gasteiger partial charge is 0.0326 e. The average Bonchev–Trinajstić information content (AvgIpc) is 2.86. The molecule has 1 aromatic heterocycles. The van der Waals surface area contributed by atoms with Gasteiger partial charge < -0.3 is 10.3 Å². The Bertz CT molecular complexity index is 539. The molecule has 1 aromatic carbocycles. The first kappa shape index (κ1) is 12.5. The Morgan fingerprint density at radius 2 is 1.84 bits per heavy atom. The van der Waals surface area contributed by atoms with Crippen LogP contribution in [0.5, 0.6) is 0 Å². The molecule has 100 valence electrons. The number of piperidine rings is 1. The molecule has 2 heterocycles. The highest BCUT2D eigenvalue weighted by Gasteiger charge is 2.25. The first-order valence-corrected chi connectivity index (χ1v) is 7.18. The van der Waals surface area contributed by atoms with Crippen molar-refractivity contribution in [2.24, 2.45) is 0 Å². The molecule has 0 aliphatic carbocycles. The Hall–Kier alpha value is -1.54. The summed E-state index contributed by atoms with van der Waals surface area (Å²) in [5.41, 5.74) is 5.58. The number of aromatic nitrogens is 1. The summed E-state index contributed by atoms with van der Waals surface area (Å²) in [5.74, 6) is 0.679. The summed E-state index contributed by atoms with van der Waals surface area (Å²) in [6.07, 6.45) is 4.50. The number of aryl methyl sites for hydroxylation is 2. The van der Waals surface area contributed by atoms with Crippen LogP contribution in [-0.4, -0.2) is 11.5 Å². The summed E-state index contributed by atoms with van der Waals surface area (Å²) in [6.45, 7) is 5.43. The molecule has 0 spiro atoms. The van der Waals surface area contributed by atoms with E-state index in [4.69, 9.17) is 0 Å². The van der Waals surface area contributed by atoms with Gasteiger partial charge in [-0.1, -0.05) is 29.8 Å². The largest absolute Gasteiger partial charge is 0.365 e. The van der Waals surface area contributed by atoms with Crippen LogP contribution in [0.15, 0.2) is 36.5 Å². The van der Waals surface area contributed by atoms with E-state index in [1.54, 1.807) is 0 Å². The first-order chi connectivity index (χ1) is 9.24. The third-order valence-corrected chi connectivity index (χ3v) is 4.32. The number of hydrogen-bond donors (Lipinski definition) is 2. The summed E-state index contributed by atoms with van der Waals surface area (Å²) < 4.78 is 0. The molecule has 1 saturated heterocycles. The minimum atomic E-state index is 0.494. The average molecular weight is 254 g/mol. The lowest BCUT2D eigenvalue weighted by Gasteiger charge is -2.31. The lowest BCUT2D eigenvalue weighted by atomic mass is 9.84. The summed E-state index contributed by atoms with van der Waals surface area (Å²) in [6, 6.07) is 11.7. The normalized spacial score (nSPS) is 23.5. The number of hydrogen-bond acceptors (Lipinski definition) is 1. The van der Waals surface area contributed by atoms with E-state index >= 15 is 0 Å². The number of nitrogens with one attached hydrogen (secondary N) is 2. The van der Waals surface area contributed by atoms with Gasteiger partial charge in [0.05, 0.1) is 0 Å².